The summed E-state index contributed by atoms with van der Waals surface area (Å²) in [5.41, 5.74) is 2.62. The summed E-state index contributed by atoms with van der Waals surface area (Å²) in [5.74, 6) is 1.02. The molecule has 0 spiro atoms. The number of aromatic nitrogens is 5. The molecule has 0 unspecified atom stereocenters. The number of nitrogens with zero attached hydrogens (tertiary/aromatic N) is 8. The lowest BCUT2D eigenvalue weighted by Crippen LogP contribution is -2.58. The molecule has 0 bridgehead atoms. The number of aryl methyl sites for hydroxylation is 1. The number of fused-ring (bicyclic) bond motifs is 1. The van der Waals surface area contributed by atoms with Crippen LogP contribution in [0.1, 0.15) is 0 Å². The normalized spacial score (nSPS) is 17.8. The number of para-hydroxylation sites is 1. The van der Waals surface area contributed by atoms with Crippen LogP contribution in [0.4, 0.5) is 11.5 Å². The highest BCUT2D eigenvalue weighted by molar-refractivity contribution is 5.86. The molecule has 0 aliphatic carbocycles. The van der Waals surface area contributed by atoms with Gasteiger partial charge in [-0.1, -0.05) is 23.4 Å². The molecule has 2 saturated heterocycles. The zero-order valence-electron chi connectivity index (χ0n) is 15.8. The maximum absolute atomic E-state index is 12.9. The largest absolute Gasteiger partial charge is 0.368 e. The molecular formula is C19H22N8O. The van der Waals surface area contributed by atoms with E-state index in [-0.39, 0.29) is 11.8 Å². The number of carbonyl (C=O) groups is 1. The standard InChI is InChI=1S/C19H22N8O/c1-24-17-16(22-23-24)18(21-13-20-17)27-11-14(12-27)19(28)26-9-7-25(8-10-26)15-5-3-2-4-6-15/h2-6,13-14H,7-12H2,1H3. The molecule has 2 aliphatic rings. The van der Waals surface area contributed by atoms with Crippen LogP contribution in [0.3, 0.4) is 0 Å². The van der Waals surface area contributed by atoms with Crippen molar-refractivity contribution in [1.29, 1.82) is 0 Å². The van der Waals surface area contributed by atoms with Gasteiger partial charge >= 0.3 is 0 Å². The molecule has 144 valence electrons. The van der Waals surface area contributed by atoms with E-state index in [2.05, 4.69) is 54.3 Å². The number of carbonyl (C=O) groups excluding carboxylic acids is 1. The average Bonchev–Trinajstić information content (AvgIpc) is 3.09. The predicted molar refractivity (Wildman–Crippen MR) is 105 cm³/mol. The first-order valence-electron chi connectivity index (χ1n) is 9.55. The summed E-state index contributed by atoms with van der Waals surface area (Å²) in [6.07, 6.45) is 1.53. The average molecular weight is 378 g/mol. The van der Waals surface area contributed by atoms with Gasteiger partial charge in [-0.25, -0.2) is 14.6 Å². The molecule has 9 heteroatoms. The second-order valence-corrected chi connectivity index (χ2v) is 7.33. The van der Waals surface area contributed by atoms with Crippen molar-refractivity contribution in [3.8, 4) is 0 Å². The first-order valence-corrected chi connectivity index (χ1v) is 9.55. The summed E-state index contributed by atoms with van der Waals surface area (Å²) in [5, 5.41) is 8.18. The fourth-order valence-corrected chi connectivity index (χ4v) is 3.96. The van der Waals surface area contributed by atoms with Gasteiger partial charge in [0.2, 0.25) is 5.91 Å². The van der Waals surface area contributed by atoms with Gasteiger partial charge in [0.15, 0.2) is 17.0 Å². The van der Waals surface area contributed by atoms with Gasteiger partial charge in [0.25, 0.3) is 0 Å². The minimum atomic E-state index is 0.0185. The van der Waals surface area contributed by atoms with Gasteiger partial charge in [-0.2, -0.15) is 0 Å². The van der Waals surface area contributed by atoms with Gasteiger partial charge in [0.1, 0.15) is 6.33 Å². The van der Waals surface area contributed by atoms with Crippen molar-refractivity contribution in [2.24, 2.45) is 13.0 Å². The number of piperazine rings is 1. The van der Waals surface area contributed by atoms with Crippen molar-refractivity contribution in [2.75, 3.05) is 49.1 Å². The molecule has 2 fully saturated rings. The van der Waals surface area contributed by atoms with Crippen LogP contribution >= 0.6 is 0 Å². The first kappa shape index (κ1) is 16.9. The fourth-order valence-electron chi connectivity index (χ4n) is 3.96. The van der Waals surface area contributed by atoms with Crippen LogP contribution in [0.15, 0.2) is 36.7 Å². The van der Waals surface area contributed by atoms with Crippen molar-refractivity contribution >= 4 is 28.6 Å². The van der Waals surface area contributed by atoms with Gasteiger partial charge in [-0.05, 0) is 12.1 Å². The molecular weight excluding hydrogens is 356 g/mol. The molecule has 0 radical (unpaired) electrons. The fraction of sp³-hybridized carbons (Fsp3) is 0.421. The minimum absolute atomic E-state index is 0.0185. The first-order chi connectivity index (χ1) is 13.7. The van der Waals surface area contributed by atoms with Crippen LogP contribution in [-0.2, 0) is 11.8 Å². The lowest BCUT2D eigenvalue weighted by molar-refractivity contribution is -0.136. The molecule has 9 nitrogen and oxygen atoms in total. The third kappa shape index (κ3) is 2.83. The molecule has 1 aromatic carbocycles. The van der Waals surface area contributed by atoms with E-state index in [0.717, 1.165) is 32.0 Å². The number of hydrogen-bond donors (Lipinski definition) is 0. The number of hydrogen-bond acceptors (Lipinski definition) is 7. The summed E-state index contributed by atoms with van der Waals surface area (Å²) in [4.78, 5) is 27.9. The van der Waals surface area contributed by atoms with Gasteiger partial charge in [0.05, 0.1) is 5.92 Å². The number of amides is 1. The number of anilines is 2. The predicted octanol–water partition coefficient (Wildman–Crippen LogP) is 0.543. The Morgan fingerprint density at radius 1 is 1.00 bits per heavy atom. The molecule has 1 amide bonds. The van der Waals surface area contributed by atoms with Crippen molar-refractivity contribution < 1.29 is 4.79 Å². The summed E-state index contributed by atoms with van der Waals surface area (Å²) >= 11 is 0. The van der Waals surface area contributed by atoms with Crippen LogP contribution in [-0.4, -0.2) is 75.0 Å². The molecule has 2 aromatic heterocycles. The van der Waals surface area contributed by atoms with Crippen molar-refractivity contribution in [3.05, 3.63) is 36.7 Å². The molecule has 28 heavy (non-hydrogen) atoms. The maximum atomic E-state index is 12.9. The Labute approximate surface area is 162 Å². The Kier molecular flexibility index (Phi) is 4.07. The van der Waals surface area contributed by atoms with E-state index in [1.807, 2.05) is 18.0 Å². The quantitative estimate of drug-likeness (QED) is 0.658. The topological polar surface area (TPSA) is 83.3 Å². The molecule has 5 rings (SSSR count). The molecule has 2 aliphatic heterocycles. The van der Waals surface area contributed by atoms with Crippen molar-refractivity contribution in [1.82, 2.24) is 29.9 Å². The lowest BCUT2D eigenvalue weighted by Gasteiger charge is -2.43. The molecule has 3 aromatic rings. The van der Waals surface area contributed by atoms with E-state index in [1.54, 1.807) is 4.68 Å². The maximum Gasteiger partial charge on any atom is 0.229 e. The highest BCUT2D eigenvalue weighted by atomic mass is 16.2. The van der Waals surface area contributed by atoms with Crippen LogP contribution in [0.25, 0.3) is 11.2 Å². The van der Waals surface area contributed by atoms with E-state index < -0.39 is 0 Å². The van der Waals surface area contributed by atoms with Gasteiger partial charge < -0.3 is 14.7 Å². The molecule has 0 atom stereocenters. The third-order valence-electron chi connectivity index (χ3n) is 5.61. The Morgan fingerprint density at radius 3 is 2.50 bits per heavy atom. The summed E-state index contributed by atoms with van der Waals surface area (Å²) in [6.45, 7) is 4.62. The van der Waals surface area contributed by atoms with Crippen LogP contribution in [0, 0.1) is 5.92 Å². The van der Waals surface area contributed by atoms with Crippen molar-refractivity contribution in [3.63, 3.8) is 0 Å². The van der Waals surface area contributed by atoms with E-state index in [1.165, 1.54) is 12.0 Å². The number of rotatable bonds is 3. The zero-order valence-corrected chi connectivity index (χ0v) is 15.8. The Morgan fingerprint density at radius 2 is 1.75 bits per heavy atom. The second kappa shape index (κ2) is 6.74. The highest BCUT2D eigenvalue weighted by Gasteiger charge is 2.38. The number of benzene rings is 1. The Hall–Kier alpha value is -3.23. The van der Waals surface area contributed by atoms with Crippen molar-refractivity contribution in [2.45, 2.75) is 0 Å². The van der Waals surface area contributed by atoms with Gasteiger partial charge in [-0.3, -0.25) is 4.79 Å². The van der Waals surface area contributed by atoms with Crippen LogP contribution in [0.5, 0.6) is 0 Å². The monoisotopic (exact) mass is 378 g/mol. The zero-order chi connectivity index (χ0) is 19.1. The summed E-state index contributed by atoms with van der Waals surface area (Å²) in [7, 11) is 1.81. The van der Waals surface area contributed by atoms with Crippen LogP contribution < -0.4 is 9.80 Å². The molecule has 4 heterocycles. The Balaban J connectivity index is 1.19. The lowest BCUT2D eigenvalue weighted by atomic mass is 9.98. The molecule has 0 saturated carbocycles. The van der Waals surface area contributed by atoms with Gasteiger partial charge in [-0.15, -0.1) is 5.10 Å². The smallest absolute Gasteiger partial charge is 0.229 e. The van der Waals surface area contributed by atoms with E-state index in [0.29, 0.717) is 24.3 Å². The highest BCUT2D eigenvalue weighted by Crippen LogP contribution is 2.28. The minimum Gasteiger partial charge on any atom is -0.368 e. The van der Waals surface area contributed by atoms with E-state index in [4.69, 9.17) is 0 Å². The Bertz CT molecular complexity index is 990. The summed E-state index contributed by atoms with van der Waals surface area (Å²) < 4.78 is 1.63. The SMILES string of the molecule is Cn1nnc2c(N3CC(C(=O)N4CCN(c5ccccc5)CC4)C3)ncnc21. The third-order valence-corrected chi connectivity index (χ3v) is 5.61. The molecule has 0 N–H and O–H groups in total. The summed E-state index contributed by atoms with van der Waals surface area (Å²) in [6, 6.07) is 10.4. The van der Waals surface area contributed by atoms with E-state index >= 15 is 0 Å². The van der Waals surface area contributed by atoms with Crippen LogP contribution in [0.2, 0.25) is 0 Å². The van der Waals surface area contributed by atoms with E-state index in [9.17, 15) is 4.79 Å². The second-order valence-electron chi connectivity index (χ2n) is 7.33. The van der Waals surface area contributed by atoms with Gasteiger partial charge in [0, 0.05) is 52.0 Å².